The molecule has 0 bridgehead atoms. The fourth-order valence-corrected chi connectivity index (χ4v) is 2.63. The Balaban J connectivity index is 1.93. The maximum Gasteiger partial charge on any atom is 0.169 e. The molecule has 4 heteroatoms. The number of hydrogen-bond donors (Lipinski definition) is 1. The van der Waals surface area contributed by atoms with E-state index in [0.29, 0.717) is 12.0 Å². The van der Waals surface area contributed by atoms with E-state index < -0.39 is 0 Å². The van der Waals surface area contributed by atoms with Crippen molar-refractivity contribution in [2.24, 2.45) is 11.7 Å². The van der Waals surface area contributed by atoms with Gasteiger partial charge in [-0.25, -0.2) is 0 Å². The summed E-state index contributed by atoms with van der Waals surface area (Å²) < 4.78 is 6.41. The minimum absolute atomic E-state index is 0.366. The molecule has 16 heavy (non-hydrogen) atoms. The Bertz CT molecular complexity index is 332. The van der Waals surface area contributed by atoms with Gasteiger partial charge in [-0.15, -0.1) is 0 Å². The summed E-state index contributed by atoms with van der Waals surface area (Å²) in [5, 5.41) is 0. The topological polar surface area (TPSA) is 42.4 Å². The van der Waals surface area contributed by atoms with Crippen LogP contribution in [0, 0.1) is 5.92 Å². The Labute approximate surface area is 105 Å². The first-order chi connectivity index (χ1) is 7.70. The molecule has 0 radical (unpaired) electrons. The number of halogens is 1. The van der Waals surface area contributed by atoms with Crippen molar-refractivity contribution in [2.45, 2.75) is 25.8 Å². The second-order valence-corrected chi connectivity index (χ2v) is 5.31. The average molecular weight is 287 g/mol. The van der Waals surface area contributed by atoms with Crippen LogP contribution in [-0.4, -0.2) is 24.5 Å². The summed E-state index contributed by atoms with van der Waals surface area (Å²) >= 11 is 3.34. The van der Waals surface area contributed by atoms with Crippen molar-refractivity contribution in [3.8, 4) is 0 Å². The summed E-state index contributed by atoms with van der Waals surface area (Å²) in [4.78, 5) is 2.47. The van der Waals surface area contributed by atoms with Crippen molar-refractivity contribution in [1.82, 2.24) is 4.90 Å². The lowest BCUT2D eigenvalue weighted by Gasteiger charge is -2.34. The molecule has 0 saturated carbocycles. The van der Waals surface area contributed by atoms with Crippen LogP contribution >= 0.6 is 15.9 Å². The summed E-state index contributed by atoms with van der Waals surface area (Å²) in [6.45, 7) is 5.28. The third-order valence-corrected chi connectivity index (χ3v) is 3.96. The summed E-state index contributed by atoms with van der Waals surface area (Å²) in [5.41, 5.74) is 5.70. The van der Waals surface area contributed by atoms with Crippen LogP contribution in [0.1, 0.15) is 31.6 Å². The molecule has 1 aliphatic rings. The Hall–Kier alpha value is -0.320. The molecule has 1 unspecified atom stereocenters. The Morgan fingerprint density at radius 2 is 2.19 bits per heavy atom. The molecule has 2 heterocycles. The molecule has 1 saturated heterocycles. The van der Waals surface area contributed by atoms with E-state index in [1.165, 1.54) is 12.8 Å². The minimum atomic E-state index is 0.366. The first kappa shape index (κ1) is 12.1. The van der Waals surface area contributed by atoms with Crippen molar-refractivity contribution < 1.29 is 4.42 Å². The minimum Gasteiger partial charge on any atom is -0.453 e. The smallest absolute Gasteiger partial charge is 0.169 e. The van der Waals surface area contributed by atoms with Gasteiger partial charge in [0, 0.05) is 0 Å². The molecule has 2 N–H and O–H groups in total. The van der Waals surface area contributed by atoms with Crippen LogP contribution in [0.25, 0.3) is 0 Å². The van der Waals surface area contributed by atoms with Crippen LogP contribution in [0.4, 0.5) is 0 Å². The third-order valence-electron chi connectivity index (χ3n) is 3.54. The molecule has 1 aromatic heterocycles. The zero-order chi connectivity index (χ0) is 11.5. The highest BCUT2D eigenvalue weighted by molar-refractivity contribution is 9.10. The molecule has 90 valence electrons. The van der Waals surface area contributed by atoms with E-state index in [2.05, 4.69) is 27.8 Å². The highest BCUT2D eigenvalue weighted by Crippen LogP contribution is 2.28. The van der Waals surface area contributed by atoms with Crippen LogP contribution in [0.3, 0.4) is 0 Å². The highest BCUT2D eigenvalue weighted by Gasteiger charge is 2.24. The van der Waals surface area contributed by atoms with Gasteiger partial charge in [-0.2, -0.15) is 0 Å². The fourth-order valence-electron chi connectivity index (χ4n) is 2.31. The third kappa shape index (κ3) is 2.67. The number of nitrogens with two attached hydrogens (primary N) is 1. The number of nitrogens with zero attached hydrogens (tertiary/aromatic N) is 1. The summed E-state index contributed by atoms with van der Waals surface area (Å²) in [6, 6.07) is 4.37. The van der Waals surface area contributed by atoms with Crippen LogP contribution in [-0.2, 0) is 0 Å². The van der Waals surface area contributed by atoms with Gasteiger partial charge in [0.25, 0.3) is 0 Å². The van der Waals surface area contributed by atoms with E-state index in [9.17, 15) is 0 Å². The monoisotopic (exact) mass is 286 g/mol. The largest absolute Gasteiger partial charge is 0.453 e. The van der Waals surface area contributed by atoms with Gasteiger partial charge < -0.3 is 10.2 Å². The van der Waals surface area contributed by atoms with E-state index in [-0.39, 0.29) is 0 Å². The van der Waals surface area contributed by atoms with Gasteiger partial charge in [0.15, 0.2) is 4.67 Å². The fraction of sp³-hybridized carbons (Fsp3) is 0.667. The van der Waals surface area contributed by atoms with Crippen molar-refractivity contribution in [2.75, 3.05) is 19.6 Å². The van der Waals surface area contributed by atoms with E-state index >= 15 is 0 Å². The van der Waals surface area contributed by atoms with Crippen molar-refractivity contribution in [1.29, 1.82) is 0 Å². The number of piperidine rings is 1. The predicted molar refractivity (Wildman–Crippen MR) is 68.2 cm³/mol. The number of rotatable bonds is 3. The second kappa shape index (κ2) is 5.34. The number of likely N-dealkylation sites (tertiary alicyclic amines) is 1. The highest BCUT2D eigenvalue weighted by atomic mass is 79.9. The first-order valence-corrected chi connectivity index (χ1v) is 6.69. The molecule has 3 nitrogen and oxygen atoms in total. The van der Waals surface area contributed by atoms with Gasteiger partial charge in [0.2, 0.25) is 0 Å². The lowest BCUT2D eigenvalue weighted by molar-refractivity contribution is 0.129. The summed E-state index contributed by atoms with van der Waals surface area (Å²) in [6.07, 6.45) is 2.42. The standard InChI is InChI=1S/C12H19BrN2O/c1-9(11-2-3-12(13)16-11)15-6-4-10(8-14)5-7-15/h2-3,9-10H,4-8,14H2,1H3. The predicted octanol–water partition coefficient (Wildman–Crippen LogP) is 2.77. The lowest BCUT2D eigenvalue weighted by Crippen LogP contribution is -2.37. The SMILES string of the molecule is CC(c1ccc(Br)o1)N1CCC(CN)CC1. The molecule has 1 fully saturated rings. The van der Waals surface area contributed by atoms with E-state index in [1.54, 1.807) is 0 Å². The van der Waals surface area contributed by atoms with Crippen LogP contribution in [0.5, 0.6) is 0 Å². The molecule has 1 atom stereocenters. The lowest BCUT2D eigenvalue weighted by atomic mass is 9.96. The molecule has 0 aliphatic carbocycles. The quantitative estimate of drug-likeness (QED) is 0.929. The first-order valence-electron chi connectivity index (χ1n) is 5.90. The molecule has 2 rings (SSSR count). The van der Waals surface area contributed by atoms with Crippen LogP contribution in [0.2, 0.25) is 0 Å². The zero-order valence-corrected chi connectivity index (χ0v) is 11.2. The van der Waals surface area contributed by atoms with Crippen LogP contribution < -0.4 is 5.73 Å². The molecule has 0 aromatic carbocycles. The van der Waals surface area contributed by atoms with E-state index in [4.69, 9.17) is 10.2 Å². The van der Waals surface area contributed by atoms with Crippen LogP contribution in [0.15, 0.2) is 21.2 Å². The molecule has 0 spiro atoms. The average Bonchev–Trinajstić information content (AvgIpc) is 2.75. The maximum atomic E-state index is 5.70. The molecular weight excluding hydrogens is 268 g/mol. The van der Waals surface area contributed by atoms with E-state index in [1.807, 2.05) is 12.1 Å². The number of hydrogen-bond acceptors (Lipinski definition) is 3. The normalized spacial score (nSPS) is 21.2. The summed E-state index contributed by atoms with van der Waals surface area (Å²) in [5.74, 6) is 1.75. The molecular formula is C12H19BrN2O. The Kier molecular flexibility index (Phi) is 4.05. The molecule has 0 amide bonds. The molecule has 1 aliphatic heterocycles. The van der Waals surface area contributed by atoms with Gasteiger partial charge in [0.05, 0.1) is 6.04 Å². The zero-order valence-electron chi connectivity index (χ0n) is 9.66. The van der Waals surface area contributed by atoms with Gasteiger partial charge in [-0.1, -0.05) is 0 Å². The van der Waals surface area contributed by atoms with Gasteiger partial charge in [-0.3, -0.25) is 4.90 Å². The maximum absolute atomic E-state index is 5.70. The Morgan fingerprint density at radius 1 is 1.50 bits per heavy atom. The van der Waals surface area contributed by atoms with Crippen molar-refractivity contribution in [3.63, 3.8) is 0 Å². The molecule has 1 aromatic rings. The summed E-state index contributed by atoms with van der Waals surface area (Å²) in [7, 11) is 0. The van der Waals surface area contributed by atoms with E-state index in [0.717, 1.165) is 30.1 Å². The van der Waals surface area contributed by atoms with Crippen molar-refractivity contribution in [3.05, 3.63) is 22.6 Å². The van der Waals surface area contributed by atoms with Gasteiger partial charge in [-0.05, 0) is 73.4 Å². The number of furan rings is 1. The van der Waals surface area contributed by atoms with Crippen molar-refractivity contribution >= 4 is 15.9 Å². The van der Waals surface area contributed by atoms with Gasteiger partial charge in [0.1, 0.15) is 5.76 Å². The second-order valence-electron chi connectivity index (χ2n) is 4.53. The Morgan fingerprint density at radius 3 is 2.69 bits per heavy atom. The van der Waals surface area contributed by atoms with Gasteiger partial charge >= 0.3 is 0 Å².